The van der Waals surface area contributed by atoms with Gasteiger partial charge in [0, 0.05) is 18.6 Å². The minimum atomic E-state index is -0.394. The van der Waals surface area contributed by atoms with Crippen molar-refractivity contribution in [2.75, 3.05) is 13.1 Å². The predicted octanol–water partition coefficient (Wildman–Crippen LogP) is 3.41. The topological polar surface area (TPSA) is 41.6 Å². The highest BCUT2D eigenvalue weighted by Crippen LogP contribution is 2.38. The van der Waals surface area contributed by atoms with E-state index in [9.17, 15) is 4.79 Å². The lowest BCUT2D eigenvalue weighted by atomic mass is 10.00. The summed E-state index contributed by atoms with van der Waals surface area (Å²) >= 11 is 0. The first-order valence-corrected chi connectivity index (χ1v) is 8.15. The minimum absolute atomic E-state index is 0.132. The van der Waals surface area contributed by atoms with E-state index in [1.54, 1.807) is 0 Å². The van der Waals surface area contributed by atoms with Gasteiger partial charge in [-0.15, -0.1) is 0 Å². The number of fused-ring (bicyclic) bond motifs is 1. The number of rotatable bonds is 2. The molecule has 2 rings (SSSR count). The second-order valence-electron chi connectivity index (χ2n) is 6.44. The molecule has 4 heteroatoms. The Labute approximate surface area is 124 Å². The minimum Gasteiger partial charge on any atom is -0.444 e. The monoisotopic (exact) mass is 284 g/mol. The Morgan fingerprint density at radius 1 is 1.25 bits per heavy atom. The van der Waals surface area contributed by atoms with E-state index in [1.807, 2.05) is 39.5 Å². The first-order chi connectivity index (χ1) is 9.42. The van der Waals surface area contributed by atoms with Crippen LogP contribution in [0.4, 0.5) is 4.79 Å². The van der Waals surface area contributed by atoms with E-state index in [4.69, 9.17) is 4.74 Å². The van der Waals surface area contributed by atoms with Crippen molar-refractivity contribution in [3.63, 3.8) is 0 Å². The second-order valence-corrected chi connectivity index (χ2v) is 6.44. The van der Waals surface area contributed by atoms with Crippen LogP contribution in [0.2, 0.25) is 0 Å². The van der Waals surface area contributed by atoms with Gasteiger partial charge in [0.15, 0.2) is 0 Å². The number of nitrogens with zero attached hydrogens (tertiary/aromatic N) is 1. The highest BCUT2D eigenvalue weighted by atomic mass is 16.6. The molecule has 2 fully saturated rings. The predicted molar refractivity (Wildman–Crippen MR) is 82.9 cm³/mol. The summed E-state index contributed by atoms with van der Waals surface area (Å²) in [4.78, 5) is 14.1. The summed E-state index contributed by atoms with van der Waals surface area (Å²) in [6.07, 6.45) is 3.28. The number of likely N-dealkylation sites (tertiary alicyclic amines) is 1. The number of carbonyl (C=O) groups is 1. The van der Waals surface area contributed by atoms with Crippen LogP contribution in [0.25, 0.3) is 0 Å². The van der Waals surface area contributed by atoms with E-state index in [0.29, 0.717) is 18.0 Å². The molecule has 0 radical (unpaired) electrons. The molecule has 1 aliphatic carbocycles. The number of amides is 1. The van der Waals surface area contributed by atoms with Crippen LogP contribution in [0, 0.1) is 5.92 Å². The van der Waals surface area contributed by atoms with Crippen molar-refractivity contribution in [3.05, 3.63) is 0 Å². The zero-order valence-corrected chi connectivity index (χ0v) is 14.0. The van der Waals surface area contributed by atoms with Crippen molar-refractivity contribution in [1.82, 2.24) is 10.2 Å². The quantitative estimate of drug-likeness (QED) is 0.845. The Kier molecular flexibility index (Phi) is 6.31. The average Bonchev–Trinajstić information content (AvgIpc) is 2.93. The van der Waals surface area contributed by atoms with Gasteiger partial charge in [-0.1, -0.05) is 20.8 Å². The van der Waals surface area contributed by atoms with E-state index in [0.717, 1.165) is 25.9 Å². The van der Waals surface area contributed by atoms with Crippen molar-refractivity contribution in [2.45, 2.75) is 78.5 Å². The van der Waals surface area contributed by atoms with Gasteiger partial charge in [-0.25, -0.2) is 4.79 Å². The number of hydrogen-bond donors (Lipinski definition) is 1. The standard InChI is InChI=1S/C14H26N2O2.C2H6/c1-5-15-11-6-7-12-10(11)8-9-16(12)13(17)18-14(2,3)4;1-2/h10-12,15H,5-9H2,1-4H3;1-2H3. The van der Waals surface area contributed by atoms with Gasteiger partial charge < -0.3 is 15.0 Å². The molecule has 1 saturated heterocycles. The molecule has 0 spiro atoms. The third-order valence-electron chi connectivity index (χ3n) is 3.98. The molecule has 0 aromatic rings. The number of ether oxygens (including phenoxy) is 1. The molecule has 2 aliphatic rings. The third-order valence-corrected chi connectivity index (χ3v) is 3.98. The molecule has 4 nitrogen and oxygen atoms in total. The van der Waals surface area contributed by atoms with Crippen LogP contribution in [0.1, 0.15) is 60.8 Å². The fourth-order valence-corrected chi connectivity index (χ4v) is 3.34. The lowest BCUT2D eigenvalue weighted by molar-refractivity contribution is 0.0217. The molecule has 3 atom stereocenters. The Balaban J connectivity index is 0.000000956. The summed E-state index contributed by atoms with van der Waals surface area (Å²) in [6.45, 7) is 13.8. The maximum atomic E-state index is 12.2. The molecular formula is C16H32N2O2. The summed E-state index contributed by atoms with van der Waals surface area (Å²) in [7, 11) is 0. The van der Waals surface area contributed by atoms with Gasteiger partial charge in [-0.05, 0) is 52.5 Å². The van der Waals surface area contributed by atoms with Gasteiger partial charge in [0.05, 0.1) is 0 Å². The Bertz CT molecular complexity index is 312. The number of hydrogen-bond acceptors (Lipinski definition) is 3. The van der Waals surface area contributed by atoms with Crippen molar-refractivity contribution in [1.29, 1.82) is 0 Å². The van der Waals surface area contributed by atoms with E-state index in [-0.39, 0.29) is 6.09 Å². The van der Waals surface area contributed by atoms with Crippen molar-refractivity contribution in [2.24, 2.45) is 5.92 Å². The maximum absolute atomic E-state index is 12.2. The van der Waals surface area contributed by atoms with Crippen molar-refractivity contribution >= 4 is 6.09 Å². The highest BCUT2D eigenvalue weighted by molar-refractivity contribution is 5.69. The smallest absolute Gasteiger partial charge is 0.410 e. The normalized spacial score (nSPS) is 28.7. The Morgan fingerprint density at radius 2 is 1.90 bits per heavy atom. The van der Waals surface area contributed by atoms with E-state index >= 15 is 0 Å². The second kappa shape index (κ2) is 7.30. The average molecular weight is 284 g/mol. The first-order valence-electron chi connectivity index (χ1n) is 8.15. The van der Waals surface area contributed by atoms with Gasteiger partial charge in [-0.3, -0.25) is 0 Å². The van der Waals surface area contributed by atoms with Crippen LogP contribution in [-0.2, 0) is 4.74 Å². The van der Waals surface area contributed by atoms with E-state index in [1.165, 1.54) is 6.42 Å². The molecule has 0 aromatic carbocycles. The van der Waals surface area contributed by atoms with Gasteiger partial charge in [0.25, 0.3) is 0 Å². The highest BCUT2D eigenvalue weighted by Gasteiger charge is 2.46. The summed E-state index contributed by atoms with van der Waals surface area (Å²) in [5, 5.41) is 3.54. The van der Waals surface area contributed by atoms with Crippen LogP contribution in [-0.4, -0.2) is 41.8 Å². The molecule has 1 heterocycles. The molecule has 1 amide bonds. The van der Waals surface area contributed by atoms with Crippen LogP contribution in [0.3, 0.4) is 0 Å². The molecule has 1 aliphatic heterocycles. The molecular weight excluding hydrogens is 252 g/mol. The first kappa shape index (κ1) is 17.3. The molecule has 20 heavy (non-hydrogen) atoms. The van der Waals surface area contributed by atoms with Gasteiger partial charge in [0.1, 0.15) is 5.60 Å². The zero-order valence-electron chi connectivity index (χ0n) is 14.0. The number of carbonyl (C=O) groups excluding carboxylic acids is 1. The maximum Gasteiger partial charge on any atom is 0.410 e. The zero-order chi connectivity index (χ0) is 15.3. The lowest BCUT2D eigenvalue weighted by Crippen LogP contribution is -2.41. The van der Waals surface area contributed by atoms with Crippen LogP contribution in [0.15, 0.2) is 0 Å². The molecule has 0 aromatic heterocycles. The van der Waals surface area contributed by atoms with Crippen molar-refractivity contribution in [3.8, 4) is 0 Å². The molecule has 118 valence electrons. The lowest BCUT2D eigenvalue weighted by Gasteiger charge is -2.28. The summed E-state index contributed by atoms with van der Waals surface area (Å²) in [5.41, 5.74) is -0.394. The Hall–Kier alpha value is -0.770. The SMILES string of the molecule is CC.CCNC1CCC2C1CCN2C(=O)OC(C)(C)C. The summed E-state index contributed by atoms with van der Waals surface area (Å²) < 4.78 is 5.49. The van der Waals surface area contributed by atoms with Crippen LogP contribution >= 0.6 is 0 Å². The number of nitrogens with one attached hydrogen (secondary N) is 1. The van der Waals surface area contributed by atoms with Crippen LogP contribution in [0.5, 0.6) is 0 Å². The Morgan fingerprint density at radius 3 is 2.45 bits per heavy atom. The summed E-state index contributed by atoms with van der Waals surface area (Å²) in [6, 6.07) is 0.983. The largest absolute Gasteiger partial charge is 0.444 e. The van der Waals surface area contributed by atoms with Gasteiger partial charge in [-0.2, -0.15) is 0 Å². The van der Waals surface area contributed by atoms with Crippen LogP contribution < -0.4 is 5.32 Å². The fourth-order valence-electron chi connectivity index (χ4n) is 3.34. The van der Waals surface area contributed by atoms with E-state index < -0.39 is 5.60 Å². The van der Waals surface area contributed by atoms with E-state index in [2.05, 4.69) is 12.2 Å². The fraction of sp³-hybridized carbons (Fsp3) is 0.938. The third kappa shape index (κ3) is 4.11. The summed E-state index contributed by atoms with van der Waals surface area (Å²) in [5.74, 6) is 0.623. The van der Waals surface area contributed by atoms with Gasteiger partial charge in [0.2, 0.25) is 0 Å². The van der Waals surface area contributed by atoms with Gasteiger partial charge >= 0.3 is 6.09 Å². The molecule has 0 bridgehead atoms. The molecule has 3 unspecified atom stereocenters. The van der Waals surface area contributed by atoms with Crippen molar-refractivity contribution < 1.29 is 9.53 Å². The molecule has 1 saturated carbocycles. The molecule has 1 N–H and O–H groups in total.